The third kappa shape index (κ3) is 2.46. The molecular weight excluding hydrogens is 292 g/mol. The van der Waals surface area contributed by atoms with Crippen molar-refractivity contribution in [2.24, 2.45) is 11.5 Å². The van der Waals surface area contributed by atoms with E-state index in [9.17, 15) is 0 Å². The first-order chi connectivity index (χ1) is 11.8. The Balaban J connectivity index is 1.82. The van der Waals surface area contributed by atoms with Gasteiger partial charge in [0.15, 0.2) is 0 Å². The van der Waals surface area contributed by atoms with Crippen LogP contribution in [0.15, 0.2) is 84.9 Å². The van der Waals surface area contributed by atoms with E-state index in [0.29, 0.717) is 0 Å². The second kappa shape index (κ2) is 6.08. The molecule has 4 aromatic rings. The average molecular weight is 312 g/mol. The molecule has 2 atom stereocenters. The van der Waals surface area contributed by atoms with Crippen molar-refractivity contribution >= 4 is 21.5 Å². The fourth-order valence-corrected chi connectivity index (χ4v) is 3.47. The van der Waals surface area contributed by atoms with Gasteiger partial charge in [0.1, 0.15) is 0 Å². The standard InChI is InChI=1S/C22H20N2/c23-21(19-13-5-9-15-7-1-3-11-17(15)19)22(24)20-14-6-10-16-8-2-4-12-18(16)20/h1-14,21-22H,23-24H2. The zero-order valence-electron chi connectivity index (χ0n) is 13.4. The fourth-order valence-electron chi connectivity index (χ4n) is 3.47. The lowest BCUT2D eigenvalue weighted by Gasteiger charge is -2.23. The highest BCUT2D eigenvalue weighted by molar-refractivity contribution is 5.88. The van der Waals surface area contributed by atoms with Gasteiger partial charge in [0.05, 0.1) is 0 Å². The molecule has 0 saturated heterocycles. The second-order valence-electron chi connectivity index (χ2n) is 6.19. The van der Waals surface area contributed by atoms with E-state index in [2.05, 4.69) is 48.5 Å². The number of benzene rings is 4. The van der Waals surface area contributed by atoms with Crippen LogP contribution >= 0.6 is 0 Å². The first-order valence-electron chi connectivity index (χ1n) is 8.22. The van der Waals surface area contributed by atoms with Crippen molar-refractivity contribution in [3.63, 3.8) is 0 Å². The molecule has 2 heteroatoms. The van der Waals surface area contributed by atoms with Gasteiger partial charge in [0.25, 0.3) is 0 Å². The molecule has 0 aliphatic rings. The highest BCUT2D eigenvalue weighted by Gasteiger charge is 2.20. The molecule has 0 saturated carbocycles. The van der Waals surface area contributed by atoms with E-state index >= 15 is 0 Å². The lowest BCUT2D eigenvalue weighted by molar-refractivity contribution is 0.581. The largest absolute Gasteiger partial charge is 0.322 e. The van der Waals surface area contributed by atoms with Gasteiger partial charge in [0.2, 0.25) is 0 Å². The number of hydrogen-bond acceptors (Lipinski definition) is 2. The molecule has 118 valence electrons. The van der Waals surface area contributed by atoms with Crippen molar-refractivity contribution < 1.29 is 0 Å². The summed E-state index contributed by atoms with van der Waals surface area (Å²) in [6, 6.07) is 28.6. The number of rotatable bonds is 3. The minimum atomic E-state index is -0.262. The summed E-state index contributed by atoms with van der Waals surface area (Å²) in [4.78, 5) is 0. The number of fused-ring (bicyclic) bond motifs is 2. The third-order valence-electron chi connectivity index (χ3n) is 4.75. The summed E-state index contributed by atoms with van der Waals surface area (Å²) in [5.41, 5.74) is 15.4. The van der Waals surface area contributed by atoms with E-state index in [1.807, 2.05) is 36.4 Å². The van der Waals surface area contributed by atoms with Crippen molar-refractivity contribution in [1.29, 1.82) is 0 Å². The van der Waals surface area contributed by atoms with Gasteiger partial charge in [-0.05, 0) is 32.7 Å². The number of hydrogen-bond donors (Lipinski definition) is 2. The van der Waals surface area contributed by atoms with Crippen molar-refractivity contribution in [3.8, 4) is 0 Å². The first-order valence-corrected chi connectivity index (χ1v) is 8.22. The Bertz CT molecular complexity index is 913. The molecule has 24 heavy (non-hydrogen) atoms. The molecule has 4 rings (SSSR count). The van der Waals surface area contributed by atoms with E-state index in [-0.39, 0.29) is 12.1 Å². The lowest BCUT2D eigenvalue weighted by Crippen LogP contribution is -2.26. The van der Waals surface area contributed by atoms with Crippen molar-refractivity contribution in [1.82, 2.24) is 0 Å². The molecule has 0 fully saturated rings. The highest BCUT2D eigenvalue weighted by atomic mass is 14.8. The highest BCUT2D eigenvalue weighted by Crippen LogP contribution is 2.33. The predicted octanol–water partition coefficient (Wildman–Crippen LogP) is 4.69. The maximum Gasteiger partial charge on any atom is 0.0497 e. The Kier molecular flexibility index (Phi) is 3.77. The van der Waals surface area contributed by atoms with Gasteiger partial charge >= 0.3 is 0 Å². The Labute approximate surface area is 141 Å². The molecule has 0 spiro atoms. The summed E-state index contributed by atoms with van der Waals surface area (Å²) in [5.74, 6) is 0. The molecule has 0 aliphatic heterocycles. The topological polar surface area (TPSA) is 52.0 Å². The normalized spacial score (nSPS) is 13.9. The van der Waals surface area contributed by atoms with Crippen LogP contribution in [0.5, 0.6) is 0 Å². The van der Waals surface area contributed by atoms with Crippen LogP contribution in [0.3, 0.4) is 0 Å². The third-order valence-corrected chi connectivity index (χ3v) is 4.75. The van der Waals surface area contributed by atoms with Crippen LogP contribution in [0.2, 0.25) is 0 Å². The Morgan fingerprint density at radius 2 is 0.833 bits per heavy atom. The van der Waals surface area contributed by atoms with Gasteiger partial charge in [-0.2, -0.15) is 0 Å². The average Bonchev–Trinajstić information content (AvgIpc) is 2.66. The van der Waals surface area contributed by atoms with E-state index in [1.54, 1.807) is 0 Å². The van der Waals surface area contributed by atoms with E-state index in [1.165, 1.54) is 21.5 Å². The summed E-state index contributed by atoms with van der Waals surface area (Å²) in [6.45, 7) is 0. The first kappa shape index (κ1) is 14.9. The molecule has 0 heterocycles. The zero-order chi connectivity index (χ0) is 16.5. The molecule has 4 N–H and O–H groups in total. The molecule has 0 aromatic heterocycles. The van der Waals surface area contributed by atoms with Crippen LogP contribution in [0, 0.1) is 0 Å². The van der Waals surface area contributed by atoms with Crippen molar-refractivity contribution in [2.45, 2.75) is 12.1 Å². The lowest BCUT2D eigenvalue weighted by atomic mass is 9.89. The van der Waals surface area contributed by atoms with Crippen LogP contribution in [-0.4, -0.2) is 0 Å². The van der Waals surface area contributed by atoms with Gasteiger partial charge in [-0.1, -0.05) is 84.9 Å². The maximum absolute atomic E-state index is 6.60. The summed E-state index contributed by atoms with van der Waals surface area (Å²) in [6.07, 6.45) is 0. The smallest absolute Gasteiger partial charge is 0.0497 e. The van der Waals surface area contributed by atoms with Crippen molar-refractivity contribution in [3.05, 3.63) is 96.1 Å². The molecule has 0 radical (unpaired) electrons. The van der Waals surface area contributed by atoms with Crippen LogP contribution in [0.4, 0.5) is 0 Å². The molecule has 0 aliphatic carbocycles. The maximum atomic E-state index is 6.60. The Morgan fingerprint density at radius 1 is 0.458 bits per heavy atom. The Morgan fingerprint density at radius 3 is 1.29 bits per heavy atom. The molecular formula is C22H20N2. The van der Waals surface area contributed by atoms with Gasteiger partial charge < -0.3 is 11.5 Å². The van der Waals surface area contributed by atoms with Crippen LogP contribution in [0.25, 0.3) is 21.5 Å². The molecule has 4 aromatic carbocycles. The summed E-state index contributed by atoms with van der Waals surface area (Å²) in [7, 11) is 0. The monoisotopic (exact) mass is 312 g/mol. The van der Waals surface area contributed by atoms with Crippen molar-refractivity contribution in [2.75, 3.05) is 0 Å². The van der Waals surface area contributed by atoms with Gasteiger partial charge in [-0.3, -0.25) is 0 Å². The number of nitrogens with two attached hydrogens (primary N) is 2. The summed E-state index contributed by atoms with van der Waals surface area (Å²) < 4.78 is 0. The second-order valence-corrected chi connectivity index (χ2v) is 6.19. The molecule has 2 nitrogen and oxygen atoms in total. The summed E-state index contributed by atoms with van der Waals surface area (Å²) >= 11 is 0. The zero-order valence-corrected chi connectivity index (χ0v) is 13.4. The SMILES string of the molecule is NC(c1cccc2ccccc12)C(N)c1cccc2ccccc12. The quantitative estimate of drug-likeness (QED) is 0.576. The predicted molar refractivity (Wildman–Crippen MR) is 102 cm³/mol. The molecule has 2 unspecified atom stereocenters. The fraction of sp³-hybridized carbons (Fsp3) is 0.0909. The van der Waals surface area contributed by atoms with Crippen LogP contribution < -0.4 is 11.5 Å². The van der Waals surface area contributed by atoms with Crippen LogP contribution in [0.1, 0.15) is 23.2 Å². The molecule has 0 amide bonds. The van der Waals surface area contributed by atoms with E-state index < -0.39 is 0 Å². The molecule has 0 bridgehead atoms. The van der Waals surface area contributed by atoms with E-state index in [4.69, 9.17) is 11.5 Å². The van der Waals surface area contributed by atoms with Gasteiger partial charge in [-0.25, -0.2) is 0 Å². The Hall–Kier alpha value is -2.68. The van der Waals surface area contributed by atoms with Crippen LogP contribution in [-0.2, 0) is 0 Å². The summed E-state index contributed by atoms with van der Waals surface area (Å²) in [5, 5.41) is 4.72. The van der Waals surface area contributed by atoms with Gasteiger partial charge in [0, 0.05) is 12.1 Å². The van der Waals surface area contributed by atoms with E-state index in [0.717, 1.165) is 11.1 Å². The minimum Gasteiger partial charge on any atom is -0.322 e. The van der Waals surface area contributed by atoms with Gasteiger partial charge in [-0.15, -0.1) is 0 Å². The minimum absolute atomic E-state index is 0.262.